The van der Waals surface area contributed by atoms with Crippen molar-refractivity contribution in [1.82, 2.24) is 10.2 Å². The minimum Gasteiger partial charge on any atom is -0.316 e. The molecule has 0 radical (unpaired) electrons. The number of piperidine rings is 1. The Morgan fingerprint density at radius 3 is 2.76 bits per heavy atom. The van der Waals surface area contributed by atoms with Gasteiger partial charge in [0, 0.05) is 19.6 Å². The van der Waals surface area contributed by atoms with Crippen molar-refractivity contribution in [3.05, 3.63) is 0 Å². The van der Waals surface area contributed by atoms with Crippen molar-refractivity contribution in [3.8, 4) is 0 Å². The topological polar surface area (TPSA) is 49.4 Å². The minimum atomic E-state index is -2.77. The van der Waals surface area contributed by atoms with E-state index in [4.69, 9.17) is 0 Å². The van der Waals surface area contributed by atoms with Crippen LogP contribution >= 0.6 is 0 Å². The predicted molar refractivity (Wildman–Crippen MR) is 69.9 cm³/mol. The standard InChI is InChI=1S/C12H24N2O2S/c1-12(4-2-5-13-10-12)11-14-6-3-8-17(15,16)9-7-14/h13H,2-11H2,1H3. The quantitative estimate of drug-likeness (QED) is 0.785. The molecule has 1 atom stereocenters. The third-order valence-electron chi connectivity index (χ3n) is 3.94. The van der Waals surface area contributed by atoms with Gasteiger partial charge < -0.3 is 10.2 Å². The first-order valence-corrected chi connectivity index (χ1v) is 8.45. The van der Waals surface area contributed by atoms with E-state index in [1.807, 2.05) is 0 Å². The molecular formula is C12H24N2O2S. The first-order valence-electron chi connectivity index (χ1n) is 6.63. The molecule has 2 rings (SSSR count). The highest BCUT2D eigenvalue weighted by molar-refractivity contribution is 7.91. The van der Waals surface area contributed by atoms with Gasteiger partial charge in [0.25, 0.3) is 0 Å². The van der Waals surface area contributed by atoms with Crippen LogP contribution in [0, 0.1) is 5.41 Å². The predicted octanol–water partition coefficient (Wildman–Crippen LogP) is 0.497. The smallest absolute Gasteiger partial charge is 0.151 e. The molecule has 0 aliphatic carbocycles. The van der Waals surface area contributed by atoms with Crippen LogP contribution < -0.4 is 5.32 Å². The van der Waals surface area contributed by atoms with Crippen molar-refractivity contribution in [1.29, 1.82) is 0 Å². The lowest BCUT2D eigenvalue weighted by Gasteiger charge is -2.38. The molecule has 4 nitrogen and oxygen atoms in total. The molecule has 17 heavy (non-hydrogen) atoms. The largest absolute Gasteiger partial charge is 0.316 e. The lowest BCUT2D eigenvalue weighted by atomic mass is 9.82. The van der Waals surface area contributed by atoms with Gasteiger partial charge >= 0.3 is 0 Å². The van der Waals surface area contributed by atoms with Gasteiger partial charge in [0.1, 0.15) is 0 Å². The van der Waals surface area contributed by atoms with Gasteiger partial charge in [0.2, 0.25) is 0 Å². The zero-order chi connectivity index (χ0) is 12.4. The van der Waals surface area contributed by atoms with E-state index >= 15 is 0 Å². The summed E-state index contributed by atoms with van der Waals surface area (Å²) in [6.45, 7) is 7.21. The molecule has 0 amide bonds. The monoisotopic (exact) mass is 260 g/mol. The van der Waals surface area contributed by atoms with E-state index < -0.39 is 9.84 Å². The molecule has 2 aliphatic rings. The third kappa shape index (κ3) is 3.93. The van der Waals surface area contributed by atoms with Crippen LogP contribution in [0.25, 0.3) is 0 Å². The van der Waals surface area contributed by atoms with Gasteiger partial charge in [0.15, 0.2) is 9.84 Å². The second-order valence-electron chi connectivity index (χ2n) is 5.87. The maximum Gasteiger partial charge on any atom is 0.151 e. The van der Waals surface area contributed by atoms with Crippen molar-refractivity contribution in [2.24, 2.45) is 5.41 Å². The summed E-state index contributed by atoms with van der Waals surface area (Å²) < 4.78 is 23.1. The van der Waals surface area contributed by atoms with Crippen LogP contribution in [0.15, 0.2) is 0 Å². The molecule has 5 heteroatoms. The molecule has 0 aromatic heterocycles. The van der Waals surface area contributed by atoms with Crippen LogP contribution in [-0.4, -0.2) is 57.5 Å². The van der Waals surface area contributed by atoms with Gasteiger partial charge in [-0.1, -0.05) is 6.92 Å². The summed E-state index contributed by atoms with van der Waals surface area (Å²) in [5, 5.41) is 3.45. The summed E-state index contributed by atoms with van der Waals surface area (Å²) in [5.41, 5.74) is 0.326. The molecule has 0 aromatic rings. The summed E-state index contributed by atoms with van der Waals surface area (Å²) in [4.78, 5) is 2.34. The van der Waals surface area contributed by atoms with Gasteiger partial charge in [-0.25, -0.2) is 8.42 Å². The fraction of sp³-hybridized carbons (Fsp3) is 1.00. The van der Waals surface area contributed by atoms with E-state index in [0.717, 1.165) is 39.1 Å². The number of nitrogens with zero attached hydrogens (tertiary/aromatic N) is 1. The Morgan fingerprint density at radius 2 is 2.06 bits per heavy atom. The van der Waals surface area contributed by atoms with Crippen molar-refractivity contribution in [2.45, 2.75) is 26.2 Å². The van der Waals surface area contributed by atoms with Crippen molar-refractivity contribution in [3.63, 3.8) is 0 Å². The summed E-state index contributed by atoms with van der Waals surface area (Å²) in [7, 11) is -2.77. The van der Waals surface area contributed by atoms with E-state index in [2.05, 4.69) is 17.1 Å². The van der Waals surface area contributed by atoms with Crippen LogP contribution in [0.5, 0.6) is 0 Å². The van der Waals surface area contributed by atoms with Crippen LogP contribution in [-0.2, 0) is 9.84 Å². The Kier molecular flexibility index (Phi) is 4.10. The van der Waals surface area contributed by atoms with Gasteiger partial charge in [-0.05, 0) is 37.8 Å². The zero-order valence-corrected chi connectivity index (χ0v) is 11.6. The second kappa shape index (κ2) is 5.24. The van der Waals surface area contributed by atoms with E-state index in [9.17, 15) is 8.42 Å². The SMILES string of the molecule is CC1(CN2CCCS(=O)(=O)CC2)CCCNC1. The average Bonchev–Trinajstić information content (AvgIpc) is 2.41. The normalized spacial score (nSPS) is 35.4. The Labute approximate surface area is 105 Å². The summed E-state index contributed by atoms with van der Waals surface area (Å²) >= 11 is 0. The number of sulfone groups is 1. The fourth-order valence-electron chi connectivity index (χ4n) is 2.94. The van der Waals surface area contributed by atoms with Crippen molar-refractivity contribution in [2.75, 3.05) is 44.2 Å². The van der Waals surface area contributed by atoms with E-state index in [0.29, 0.717) is 16.9 Å². The number of rotatable bonds is 2. The molecule has 1 N–H and O–H groups in total. The number of hydrogen-bond donors (Lipinski definition) is 1. The lowest BCUT2D eigenvalue weighted by Crippen LogP contribution is -2.46. The molecule has 2 fully saturated rings. The van der Waals surface area contributed by atoms with Crippen LogP contribution in [0.4, 0.5) is 0 Å². The molecule has 100 valence electrons. The van der Waals surface area contributed by atoms with E-state index in [-0.39, 0.29) is 0 Å². The average molecular weight is 260 g/mol. The third-order valence-corrected chi connectivity index (χ3v) is 5.65. The highest BCUT2D eigenvalue weighted by Crippen LogP contribution is 2.27. The molecule has 0 spiro atoms. The van der Waals surface area contributed by atoms with E-state index in [1.165, 1.54) is 12.8 Å². The molecule has 0 bridgehead atoms. The van der Waals surface area contributed by atoms with Crippen LogP contribution in [0.2, 0.25) is 0 Å². The first kappa shape index (κ1) is 13.3. The first-order chi connectivity index (χ1) is 7.99. The van der Waals surface area contributed by atoms with Gasteiger partial charge in [-0.3, -0.25) is 0 Å². The van der Waals surface area contributed by atoms with Gasteiger partial charge in [-0.15, -0.1) is 0 Å². The number of hydrogen-bond acceptors (Lipinski definition) is 4. The van der Waals surface area contributed by atoms with Gasteiger partial charge in [0.05, 0.1) is 11.5 Å². The molecule has 0 aromatic carbocycles. The molecule has 2 saturated heterocycles. The fourth-order valence-corrected chi connectivity index (χ4v) is 4.25. The minimum absolute atomic E-state index is 0.326. The molecular weight excluding hydrogens is 236 g/mol. The Balaban J connectivity index is 1.90. The summed E-state index contributed by atoms with van der Waals surface area (Å²) in [6.07, 6.45) is 3.29. The van der Waals surface area contributed by atoms with Crippen LogP contribution in [0.1, 0.15) is 26.2 Å². The van der Waals surface area contributed by atoms with Crippen LogP contribution in [0.3, 0.4) is 0 Å². The Hall–Kier alpha value is -0.130. The maximum atomic E-state index is 11.5. The van der Waals surface area contributed by atoms with Crippen molar-refractivity contribution >= 4 is 9.84 Å². The number of nitrogens with one attached hydrogen (secondary N) is 1. The highest BCUT2D eigenvalue weighted by Gasteiger charge is 2.30. The summed E-state index contributed by atoms with van der Waals surface area (Å²) in [6, 6.07) is 0. The maximum absolute atomic E-state index is 11.5. The van der Waals surface area contributed by atoms with Gasteiger partial charge in [-0.2, -0.15) is 0 Å². The Bertz CT molecular complexity index is 348. The zero-order valence-electron chi connectivity index (χ0n) is 10.7. The molecule has 0 saturated carbocycles. The molecule has 2 aliphatic heterocycles. The van der Waals surface area contributed by atoms with Crippen molar-refractivity contribution < 1.29 is 8.42 Å². The highest BCUT2D eigenvalue weighted by atomic mass is 32.2. The molecule has 2 heterocycles. The Morgan fingerprint density at radius 1 is 1.24 bits per heavy atom. The molecule has 1 unspecified atom stereocenters. The second-order valence-corrected chi connectivity index (χ2v) is 8.18. The lowest BCUT2D eigenvalue weighted by molar-refractivity contribution is 0.139. The van der Waals surface area contributed by atoms with E-state index in [1.54, 1.807) is 0 Å². The summed E-state index contributed by atoms with van der Waals surface area (Å²) in [5.74, 6) is 0.717.